The number of anilines is 1. The molecule has 120 valence electrons. The van der Waals surface area contributed by atoms with E-state index >= 15 is 0 Å². The molecular weight excluding hydrogens is 306 g/mol. The third-order valence-corrected chi connectivity index (χ3v) is 3.61. The summed E-state index contributed by atoms with van der Waals surface area (Å²) in [5.74, 6) is 0.0832. The predicted octanol–water partition coefficient (Wildman–Crippen LogP) is 3.01. The molecule has 0 spiro atoms. The first-order valence-corrected chi connectivity index (χ1v) is 7.84. The molecule has 0 radical (unpaired) electrons. The Morgan fingerprint density at radius 1 is 1.50 bits per heavy atom. The normalized spacial score (nSPS) is 18.8. The van der Waals surface area contributed by atoms with Crippen molar-refractivity contribution in [2.45, 2.75) is 38.2 Å². The van der Waals surface area contributed by atoms with Crippen LogP contribution in [-0.4, -0.2) is 36.4 Å². The minimum atomic E-state index is -0.609. The van der Waals surface area contributed by atoms with E-state index in [2.05, 4.69) is 5.32 Å². The van der Waals surface area contributed by atoms with Gasteiger partial charge in [0, 0.05) is 12.2 Å². The maximum absolute atomic E-state index is 12.1. The van der Waals surface area contributed by atoms with E-state index in [1.807, 2.05) is 6.92 Å². The average molecular weight is 326 g/mol. The summed E-state index contributed by atoms with van der Waals surface area (Å²) in [6.45, 7) is 4.50. The minimum absolute atomic E-state index is 0.181. The van der Waals surface area contributed by atoms with Gasteiger partial charge in [-0.05, 0) is 44.9 Å². The van der Waals surface area contributed by atoms with Gasteiger partial charge in [-0.2, -0.15) is 0 Å². The molecule has 1 aliphatic heterocycles. The number of rotatable bonds is 6. The highest BCUT2D eigenvalue weighted by atomic mass is 35.5. The van der Waals surface area contributed by atoms with Crippen molar-refractivity contribution in [2.24, 2.45) is 0 Å². The quantitative estimate of drug-likeness (QED) is 0.645. The second kappa shape index (κ2) is 7.61. The number of Topliss-reactive ketones (excluding diaryl/α,β-unsaturated/α-hetero) is 1. The Labute approximate surface area is 134 Å². The van der Waals surface area contributed by atoms with Gasteiger partial charge in [0.1, 0.15) is 11.9 Å². The number of carbonyl (C=O) groups excluding carboxylic acids is 2. The van der Waals surface area contributed by atoms with E-state index in [9.17, 15) is 9.59 Å². The predicted molar refractivity (Wildman–Crippen MR) is 84.9 cm³/mol. The molecule has 1 amide bonds. The summed E-state index contributed by atoms with van der Waals surface area (Å²) >= 11 is 5.83. The molecule has 0 saturated carbocycles. The molecule has 0 bridgehead atoms. The van der Waals surface area contributed by atoms with Crippen molar-refractivity contribution >= 4 is 29.0 Å². The third-order valence-electron chi connectivity index (χ3n) is 3.41. The number of carbonyl (C=O) groups is 2. The van der Waals surface area contributed by atoms with Crippen LogP contribution in [0.15, 0.2) is 18.2 Å². The number of halogens is 1. The number of ether oxygens (including phenoxy) is 2. The summed E-state index contributed by atoms with van der Waals surface area (Å²) in [6.07, 6.45) is 1.19. The fourth-order valence-corrected chi connectivity index (χ4v) is 2.41. The lowest BCUT2D eigenvalue weighted by atomic mass is 10.1. The van der Waals surface area contributed by atoms with Crippen LogP contribution in [0.2, 0.25) is 0 Å². The lowest BCUT2D eigenvalue weighted by Gasteiger charge is -2.15. The van der Waals surface area contributed by atoms with Gasteiger partial charge in [-0.25, -0.2) is 0 Å². The standard InChI is InChI=1S/C16H20ClNO4/c1-3-21-14-9-11(15(19)10(2)17)6-7-12(14)18-16(20)13-5-4-8-22-13/h6-7,9-10,13H,3-5,8H2,1-2H3,(H,18,20). The van der Waals surface area contributed by atoms with Gasteiger partial charge in [-0.1, -0.05) is 0 Å². The number of hydrogen-bond donors (Lipinski definition) is 1. The molecule has 1 aliphatic rings. The molecule has 1 saturated heterocycles. The van der Waals surface area contributed by atoms with Crippen LogP contribution < -0.4 is 10.1 Å². The minimum Gasteiger partial charge on any atom is -0.492 e. The van der Waals surface area contributed by atoms with E-state index in [0.717, 1.165) is 12.8 Å². The largest absolute Gasteiger partial charge is 0.492 e. The first kappa shape index (κ1) is 16.8. The molecule has 1 fully saturated rings. The zero-order valence-corrected chi connectivity index (χ0v) is 13.5. The Balaban J connectivity index is 2.19. The maximum Gasteiger partial charge on any atom is 0.253 e. The summed E-state index contributed by atoms with van der Waals surface area (Å²) in [5, 5.41) is 2.19. The summed E-state index contributed by atoms with van der Waals surface area (Å²) in [6, 6.07) is 4.90. The Kier molecular flexibility index (Phi) is 5.80. The first-order valence-electron chi connectivity index (χ1n) is 7.40. The van der Waals surface area contributed by atoms with Gasteiger partial charge < -0.3 is 14.8 Å². The highest BCUT2D eigenvalue weighted by Crippen LogP contribution is 2.28. The molecule has 2 unspecified atom stereocenters. The van der Waals surface area contributed by atoms with Crippen molar-refractivity contribution < 1.29 is 19.1 Å². The fraction of sp³-hybridized carbons (Fsp3) is 0.500. The Bertz CT molecular complexity index is 553. The molecule has 0 aromatic heterocycles. The first-order chi connectivity index (χ1) is 10.5. The number of amides is 1. The second-order valence-corrected chi connectivity index (χ2v) is 5.77. The van der Waals surface area contributed by atoms with Crippen LogP contribution in [0.1, 0.15) is 37.0 Å². The van der Waals surface area contributed by atoms with Gasteiger partial charge in [0.15, 0.2) is 5.78 Å². The lowest BCUT2D eigenvalue weighted by Crippen LogP contribution is -2.27. The summed E-state index contributed by atoms with van der Waals surface area (Å²) in [7, 11) is 0. The highest BCUT2D eigenvalue weighted by molar-refractivity contribution is 6.33. The van der Waals surface area contributed by atoms with E-state index in [1.54, 1.807) is 25.1 Å². The van der Waals surface area contributed by atoms with Crippen LogP contribution in [-0.2, 0) is 9.53 Å². The molecule has 1 aromatic rings. The summed E-state index contributed by atoms with van der Waals surface area (Å²) in [5.41, 5.74) is 0.988. The molecular formula is C16H20ClNO4. The Morgan fingerprint density at radius 3 is 2.86 bits per heavy atom. The van der Waals surface area contributed by atoms with E-state index in [-0.39, 0.29) is 11.7 Å². The van der Waals surface area contributed by atoms with Crippen LogP contribution in [0.4, 0.5) is 5.69 Å². The van der Waals surface area contributed by atoms with Gasteiger partial charge in [0.2, 0.25) is 0 Å². The maximum atomic E-state index is 12.1. The number of ketones is 1. The van der Waals surface area contributed by atoms with Gasteiger partial charge in [-0.15, -0.1) is 11.6 Å². The van der Waals surface area contributed by atoms with E-state index in [1.165, 1.54) is 0 Å². The molecule has 2 atom stereocenters. The monoisotopic (exact) mass is 325 g/mol. The van der Waals surface area contributed by atoms with E-state index in [0.29, 0.717) is 30.2 Å². The zero-order valence-electron chi connectivity index (χ0n) is 12.7. The van der Waals surface area contributed by atoms with Crippen molar-refractivity contribution in [2.75, 3.05) is 18.5 Å². The van der Waals surface area contributed by atoms with Crippen molar-refractivity contribution in [1.29, 1.82) is 0 Å². The van der Waals surface area contributed by atoms with Gasteiger partial charge >= 0.3 is 0 Å². The van der Waals surface area contributed by atoms with Crippen molar-refractivity contribution in [3.63, 3.8) is 0 Å². The van der Waals surface area contributed by atoms with Gasteiger partial charge in [-0.3, -0.25) is 9.59 Å². The topological polar surface area (TPSA) is 64.6 Å². The van der Waals surface area contributed by atoms with Gasteiger partial charge in [0.05, 0.1) is 17.7 Å². The van der Waals surface area contributed by atoms with Crippen LogP contribution in [0.3, 0.4) is 0 Å². The molecule has 2 rings (SSSR count). The molecule has 1 N–H and O–H groups in total. The molecule has 1 heterocycles. The average Bonchev–Trinajstić information content (AvgIpc) is 3.02. The molecule has 5 nitrogen and oxygen atoms in total. The second-order valence-electron chi connectivity index (χ2n) is 5.12. The summed E-state index contributed by atoms with van der Waals surface area (Å²) < 4.78 is 10.9. The molecule has 0 aliphatic carbocycles. The van der Waals surface area contributed by atoms with E-state index < -0.39 is 11.5 Å². The number of nitrogens with one attached hydrogen (secondary N) is 1. The van der Waals surface area contributed by atoms with Crippen molar-refractivity contribution in [3.05, 3.63) is 23.8 Å². The van der Waals surface area contributed by atoms with Crippen LogP contribution in [0.5, 0.6) is 5.75 Å². The smallest absolute Gasteiger partial charge is 0.253 e. The lowest BCUT2D eigenvalue weighted by molar-refractivity contribution is -0.124. The van der Waals surface area contributed by atoms with Crippen LogP contribution in [0.25, 0.3) is 0 Å². The number of benzene rings is 1. The summed E-state index contributed by atoms with van der Waals surface area (Å²) in [4.78, 5) is 24.1. The molecule has 6 heteroatoms. The van der Waals surface area contributed by atoms with Gasteiger partial charge in [0.25, 0.3) is 5.91 Å². The van der Waals surface area contributed by atoms with Crippen molar-refractivity contribution in [1.82, 2.24) is 0 Å². The Morgan fingerprint density at radius 2 is 2.27 bits per heavy atom. The SMILES string of the molecule is CCOc1cc(C(=O)C(C)Cl)ccc1NC(=O)C1CCCO1. The Hall–Kier alpha value is -1.59. The number of alkyl halides is 1. The molecule has 1 aromatic carbocycles. The fourth-order valence-electron chi connectivity index (χ4n) is 2.28. The van der Waals surface area contributed by atoms with Crippen LogP contribution >= 0.6 is 11.6 Å². The zero-order chi connectivity index (χ0) is 16.1. The highest BCUT2D eigenvalue weighted by Gasteiger charge is 2.24. The third kappa shape index (κ3) is 3.99. The van der Waals surface area contributed by atoms with Crippen LogP contribution in [0, 0.1) is 0 Å². The van der Waals surface area contributed by atoms with E-state index in [4.69, 9.17) is 21.1 Å². The number of hydrogen-bond acceptors (Lipinski definition) is 4. The molecule has 22 heavy (non-hydrogen) atoms. The van der Waals surface area contributed by atoms with Crippen molar-refractivity contribution in [3.8, 4) is 5.75 Å².